The van der Waals surface area contributed by atoms with Crippen LogP contribution in [0.15, 0.2) is 5.03 Å². The maximum Gasteiger partial charge on any atom is 0.0984 e. The van der Waals surface area contributed by atoms with Crippen LogP contribution >= 0.6 is 11.8 Å². The fourth-order valence-corrected chi connectivity index (χ4v) is 3.00. The molecular weight excluding hydrogens is 258 g/mol. The lowest BCUT2D eigenvalue weighted by Crippen LogP contribution is -2.19. The molecule has 0 radical (unpaired) electrons. The van der Waals surface area contributed by atoms with Gasteiger partial charge in [-0.1, -0.05) is 13.8 Å². The van der Waals surface area contributed by atoms with Crippen molar-refractivity contribution < 1.29 is 4.74 Å². The third-order valence-corrected chi connectivity index (χ3v) is 4.15. The first-order valence-electron chi connectivity index (χ1n) is 6.91. The van der Waals surface area contributed by atoms with Crippen LogP contribution in [0, 0.1) is 12.8 Å². The molecule has 0 aliphatic rings. The van der Waals surface area contributed by atoms with Gasteiger partial charge in [0.25, 0.3) is 0 Å². The van der Waals surface area contributed by atoms with Gasteiger partial charge in [0.05, 0.1) is 10.7 Å². The SMILES string of the molecule is COCCCSc1c(CNCC(C)C)c(C)nn1C. The van der Waals surface area contributed by atoms with Gasteiger partial charge in [-0.2, -0.15) is 5.10 Å². The van der Waals surface area contributed by atoms with Crippen molar-refractivity contribution in [3.8, 4) is 0 Å². The van der Waals surface area contributed by atoms with Gasteiger partial charge in [0.15, 0.2) is 0 Å². The van der Waals surface area contributed by atoms with Crippen molar-refractivity contribution in [1.29, 1.82) is 0 Å². The van der Waals surface area contributed by atoms with Crippen molar-refractivity contribution in [2.45, 2.75) is 38.8 Å². The Hall–Kier alpha value is -0.520. The summed E-state index contributed by atoms with van der Waals surface area (Å²) in [4.78, 5) is 0. The van der Waals surface area contributed by atoms with E-state index in [2.05, 4.69) is 31.2 Å². The minimum atomic E-state index is 0.676. The van der Waals surface area contributed by atoms with Crippen molar-refractivity contribution in [1.82, 2.24) is 15.1 Å². The summed E-state index contributed by atoms with van der Waals surface area (Å²) >= 11 is 1.87. The average Bonchev–Trinajstić information content (AvgIpc) is 2.60. The van der Waals surface area contributed by atoms with Crippen LogP contribution in [0.25, 0.3) is 0 Å². The first kappa shape index (κ1) is 16.5. The molecule has 1 aromatic heterocycles. The maximum absolute atomic E-state index is 5.09. The van der Waals surface area contributed by atoms with Crippen LogP contribution in [0.4, 0.5) is 0 Å². The van der Waals surface area contributed by atoms with Crippen molar-refractivity contribution >= 4 is 11.8 Å². The van der Waals surface area contributed by atoms with Gasteiger partial charge >= 0.3 is 0 Å². The third-order valence-electron chi connectivity index (χ3n) is 2.87. The molecular formula is C14H27N3OS. The Labute approximate surface area is 121 Å². The molecule has 0 spiro atoms. The van der Waals surface area contributed by atoms with Gasteiger partial charge in [-0.3, -0.25) is 4.68 Å². The molecule has 5 heteroatoms. The molecule has 1 N–H and O–H groups in total. The Bertz CT molecular complexity index is 377. The average molecular weight is 285 g/mol. The molecule has 0 aliphatic heterocycles. The van der Waals surface area contributed by atoms with Gasteiger partial charge in [-0.25, -0.2) is 0 Å². The van der Waals surface area contributed by atoms with E-state index in [9.17, 15) is 0 Å². The maximum atomic E-state index is 5.09. The molecule has 1 aromatic rings. The van der Waals surface area contributed by atoms with Gasteiger partial charge in [-0.15, -0.1) is 11.8 Å². The fraction of sp³-hybridized carbons (Fsp3) is 0.786. The highest BCUT2D eigenvalue weighted by Gasteiger charge is 2.13. The molecule has 0 amide bonds. The number of hydrogen-bond donors (Lipinski definition) is 1. The number of methoxy groups -OCH3 is 1. The minimum absolute atomic E-state index is 0.676. The molecule has 110 valence electrons. The number of aromatic nitrogens is 2. The van der Waals surface area contributed by atoms with E-state index in [0.717, 1.165) is 37.6 Å². The molecule has 0 fully saturated rings. The van der Waals surface area contributed by atoms with Crippen molar-refractivity contribution in [3.63, 3.8) is 0 Å². The van der Waals surface area contributed by atoms with E-state index in [1.165, 1.54) is 10.6 Å². The smallest absolute Gasteiger partial charge is 0.0984 e. The second kappa shape index (κ2) is 8.61. The monoisotopic (exact) mass is 285 g/mol. The van der Waals surface area contributed by atoms with Crippen molar-refractivity contribution in [3.05, 3.63) is 11.3 Å². The number of hydrogen-bond acceptors (Lipinski definition) is 4. The molecule has 19 heavy (non-hydrogen) atoms. The highest BCUT2D eigenvalue weighted by molar-refractivity contribution is 7.99. The van der Waals surface area contributed by atoms with E-state index < -0.39 is 0 Å². The van der Waals surface area contributed by atoms with E-state index in [-0.39, 0.29) is 0 Å². The zero-order valence-electron chi connectivity index (χ0n) is 12.8. The third kappa shape index (κ3) is 5.55. The Balaban J connectivity index is 2.57. The Kier molecular flexibility index (Phi) is 7.49. The molecule has 0 saturated heterocycles. The fourth-order valence-electron chi connectivity index (χ4n) is 1.92. The van der Waals surface area contributed by atoms with Gasteiger partial charge < -0.3 is 10.1 Å². The lowest BCUT2D eigenvalue weighted by molar-refractivity contribution is 0.200. The highest BCUT2D eigenvalue weighted by atomic mass is 32.2. The predicted molar refractivity (Wildman–Crippen MR) is 81.7 cm³/mol. The van der Waals surface area contributed by atoms with Crippen molar-refractivity contribution in [2.24, 2.45) is 13.0 Å². The number of nitrogens with one attached hydrogen (secondary N) is 1. The summed E-state index contributed by atoms with van der Waals surface area (Å²) in [6.07, 6.45) is 1.07. The summed E-state index contributed by atoms with van der Waals surface area (Å²) in [5, 5.41) is 9.32. The molecule has 0 atom stereocenters. The summed E-state index contributed by atoms with van der Waals surface area (Å²) in [6, 6.07) is 0. The molecule has 1 rings (SSSR count). The van der Waals surface area contributed by atoms with Crippen LogP contribution in [-0.2, 0) is 18.3 Å². The Morgan fingerprint density at radius 3 is 2.79 bits per heavy atom. The zero-order valence-corrected chi connectivity index (χ0v) is 13.6. The van der Waals surface area contributed by atoms with Gasteiger partial charge in [0.2, 0.25) is 0 Å². The van der Waals surface area contributed by atoms with Crippen LogP contribution in [0.2, 0.25) is 0 Å². The Morgan fingerprint density at radius 2 is 2.16 bits per heavy atom. The van der Waals surface area contributed by atoms with E-state index in [1.807, 2.05) is 23.5 Å². The topological polar surface area (TPSA) is 39.1 Å². The van der Waals surface area contributed by atoms with Gasteiger partial charge in [0, 0.05) is 38.6 Å². The molecule has 1 heterocycles. The standard InChI is InChI=1S/C14H27N3OS/c1-11(2)9-15-10-13-12(3)16-17(4)14(13)19-8-6-7-18-5/h11,15H,6-10H2,1-5H3. The number of thioether (sulfide) groups is 1. The lowest BCUT2D eigenvalue weighted by Gasteiger charge is -2.09. The summed E-state index contributed by atoms with van der Waals surface area (Å²) in [5.74, 6) is 1.75. The summed E-state index contributed by atoms with van der Waals surface area (Å²) in [5.41, 5.74) is 2.47. The quantitative estimate of drug-likeness (QED) is 0.559. The van der Waals surface area contributed by atoms with Gasteiger partial charge in [0.1, 0.15) is 0 Å². The van der Waals surface area contributed by atoms with Crippen LogP contribution in [-0.4, -0.2) is 35.8 Å². The van der Waals surface area contributed by atoms with Crippen LogP contribution in [0.5, 0.6) is 0 Å². The van der Waals surface area contributed by atoms with E-state index in [1.54, 1.807) is 7.11 Å². The normalized spacial score (nSPS) is 11.5. The second-order valence-corrected chi connectivity index (χ2v) is 6.30. The lowest BCUT2D eigenvalue weighted by atomic mass is 10.2. The van der Waals surface area contributed by atoms with Gasteiger partial charge in [-0.05, 0) is 25.8 Å². The first-order chi connectivity index (χ1) is 9.06. The summed E-state index contributed by atoms with van der Waals surface area (Å²) in [7, 11) is 3.78. The van der Waals surface area contributed by atoms with Crippen LogP contribution in [0.1, 0.15) is 31.5 Å². The zero-order chi connectivity index (χ0) is 14.3. The molecule has 0 aliphatic carbocycles. The molecule has 0 bridgehead atoms. The summed E-state index contributed by atoms with van der Waals surface area (Å²) < 4.78 is 7.09. The van der Waals surface area contributed by atoms with E-state index in [0.29, 0.717) is 5.92 Å². The summed E-state index contributed by atoms with van der Waals surface area (Å²) in [6.45, 7) is 9.32. The van der Waals surface area contributed by atoms with E-state index >= 15 is 0 Å². The number of nitrogens with zero attached hydrogens (tertiary/aromatic N) is 2. The molecule has 0 aromatic carbocycles. The van der Waals surface area contributed by atoms with E-state index in [4.69, 9.17) is 4.74 Å². The first-order valence-corrected chi connectivity index (χ1v) is 7.89. The predicted octanol–water partition coefficient (Wildman–Crippen LogP) is 2.60. The number of ether oxygens (including phenoxy) is 1. The van der Waals surface area contributed by atoms with Crippen LogP contribution in [0.3, 0.4) is 0 Å². The second-order valence-electron chi connectivity index (χ2n) is 5.21. The van der Waals surface area contributed by atoms with Crippen LogP contribution < -0.4 is 5.32 Å². The molecule has 4 nitrogen and oxygen atoms in total. The number of aryl methyl sites for hydroxylation is 2. The Morgan fingerprint density at radius 1 is 1.42 bits per heavy atom. The number of rotatable bonds is 9. The van der Waals surface area contributed by atoms with Crippen molar-refractivity contribution in [2.75, 3.05) is 26.0 Å². The minimum Gasteiger partial charge on any atom is -0.385 e. The highest BCUT2D eigenvalue weighted by Crippen LogP contribution is 2.25. The largest absolute Gasteiger partial charge is 0.385 e. The molecule has 0 saturated carbocycles. The molecule has 0 unspecified atom stereocenters.